The van der Waals surface area contributed by atoms with Gasteiger partial charge in [0, 0.05) is 11.9 Å². The zero-order valence-electron chi connectivity index (χ0n) is 22.6. The van der Waals surface area contributed by atoms with Gasteiger partial charge in [-0.15, -0.1) is 11.8 Å². The quantitative estimate of drug-likeness (QED) is 0.137. The number of fused-ring (bicyclic) bond motifs is 1. The molecule has 1 saturated heterocycles. The number of nitrogens with zero attached hydrogens (tertiary/aromatic N) is 2. The standard InChI is InChI=1S/C24H29N2O14P3S/c27-21-19(38-23(22(21)28)26-10-9-20(25-24(26)29)44-14-15-5-6-15)13-37-42(32,33)40-43(34,35)39-41(30,31)36-12-16-7-8-17-3-1-2-4-18(17)11-16/h1-4,7-11,15,19,21-23,27-28H,5-6,12-14H2,(H,30,31)(H,32,33)(H,34,35)/p-3/t19-,21?,22+,23-/m1/s1. The molecule has 0 spiro atoms. The maximum Gasteiger partial charge on any atom is 0.350 e. The zero-order chi connectivity index (χ0) is 31.7. The van der Waals surface area contributed by atoms with Crippen LogP contribution >= 0.6 is 35.2 Å². The molecule has 2 fully saturated rings. The van der Waals surface area contributed by atoms with Gasteiger partial charge in [0.05, 0.1) is 13.2 Å². The molecule has 2 aromatic carbocycles. The minimum atomic E-state index is -6.12. The smallest absolute Gasteiger partial charge is 0.350 e. The van der Waals surface area contributed by atoms with E-state index in [9.17, 15) is 43.4 Å². The Bertz CT molecular complexity index is 1700. The summed E-state index contributed by atoms with van der Waals surface area (Å²) in [5.41, 5.74) is -0.448. The van der Waals surface area contributed by atoms with Gasteiger partial charge in [0.1, 0.15) is 23.3 Å². The molecule has 7 atom stereocenters. The van der Waals surface area contributed by atoms with Crippen LogP contribution in [-0.2, 0) is 42.7 Å². The molecule has 4 unspecified atom stereocenters. The van der Waals surface area contributed by atoms with Crippen molar-refractivity contribution in [2.24, 2.45) is 5.92 Å². The van der Waals surface area contributed by atoms with Crippen molar-refractivity contribution < 1.29 is 61.0 Å². The molecule has 2 heterocycles. The molecule has 1 aromatic heterocycles. The van der Waals surface area contributed by atoms with Crippen LogP contribution < -0.4 is 20.4 Å². The summed E-state index contributed by atoms with van der Waals surface area (Å²) in [6.45, 7) is -1.71. The SMILES string of the molecule is O=c1nc(SCC2CC2)ccn1[C@@H]1O[C@H](COP(=O)([O-])OP(=O)([O-])OP(=O)([O-])OCc2ccc3ccccc3c2)C(O)[C@@H]1O. The van der Waals surface area contributed by atoms with Crippen molar-refractivity contribution in [2.45, 2.75) is 49.0 Å². The summed E-state index contributed by atoms with van der Waals surface area (Å²) in [5, 5.41) is 22.8. The number of thioether (sulfide) groups is 1. The molecule has 2 N–H and O–H groups in total. The number of aromatic nitrogens is 2. The van der Waals surface area contributed by atoms with Gasteiger partial charge in [0.25, 0.3) is 23.5 Å². The second kappa shape index (κ2) is 13.5. The van der Waals surface area contributed by atoms with E-state index in [0.717, 1.165) is 33.9 Å². The second-order valence-electron chi connectivity index (χ2n) is 10.0. The fourth-order valence-electron chi connectivity index (χ4n) is 4.21. The van der Waals surface area contributed by atoms with Gasteiger partial charge in [0.2, 0.25) is 0 Å². The van der Waals surface area contributed by atoms with E-state index in [1.807, 2.05) is 6.07 Å². The molecule has 3 aromatic rings. The third-order valence-electron chi connectivity index (χ3n) is 6.58. The monoisotopic (exact) mass is 691 g/mol. The van der Waals surface area contributed by atoms with E-state index in [1.54, 1.807) is 30.3 Å². The highest BCUT2D eigenvalue weighted by molar-refractivity contribution is 7.99. The van der Waals surface area contributed by atoms with Gasteiger partial charge in [-0.25, -0.2) is 13.4 Å². The highest BCUT2D eigenvalue weighted by Crippen LogP contribution is 2.63. The van der Waals surface area contributed by atoms with Gasteiger partial charge in [-0.3, -0.25) is 18.3 Å². The first-order chi connectivity index (χ1) is 20.7. The van der Waals surface area contributed by atoms with Crippen molar-refractivity contribution in [3.05, 3.63) is 70.8 Å². The van der Waals surface area contributed by atoms with Gasteiger partial charge in [-0.2, -0.15) is 4.98 Å². The Labute approximate surface area is 254 Å². The maximum absolute atomic E-state index is 12.5. The van der Waals surface area contributed by atoms with Crippen LogP contribution in [0.25, 0.3) is 10.8 Å². The number of phosphoric acid groups is 3. The summed E-state index contributed by atoms with van der Waals surface area (Å²) in [6.07, 6.45) is -3.03. The summed E-state index contributed by atoms with van der Waals surface area (Å²) in [6, 6.07) is 13.5. The van der Waals surface area contributed by atoms with Crippen molar-refractivity contribution in [1.29, 1.82) is 0 Å². The molecule has 1 saturated carbocycles. The molecular weight excluding hydrogens is 665 g/mol. The molecule has 0 radical (unpaired) electrons. The zero-order valence-corrected chi connectivity index (χ0v) is 26.1. The molecule has 5 rings (SSSR count). The summed E-state index contributed by atoms with van der Waals surface area (Å²) in [5.74, 6) is 1.39. The number of aliphatic hydroxyl groups is 2. The Morgan fingerprint density at radius 1 is 0.932 bits per heavy atom. The van der Waals surface area contributed by atoms with Crippen LogP contribution in [0.5, 0.6) is 0 Å². The van der Waals surface area contributed by atoms with Crippen molar-refractivity contribution in [2.75, 3.05) is 12.4 Å². The van der Waals surface area contributed by atoms with Gasteiger partial charge < -0.3 is 38.7 Å². The van der Waals surface area contributed by atoms with Gasteiger partial charge >= 0.3 is 5.69 Å². The lowest BCUT2D eigenvalue weighted by Gasteiger charge is -2.34. The van der Waals surface area contributed by atoms with E-state index in [4.69, 9.17) is 4.74 Å². The molecular formula is C24H26N2O14P3S-3. The van der Waals surface area contributed by atoms with Crippen LogP contribution in [0.2, 0.25) is 0 Å². The van der Waals surface area contributed by atoms with E-state index >= 15 is 0 Å². The first-order valence-electron chi connectivity index (χ1n) is 13.1. The highest BCUT2D eigenvalue weighted by Gasteiger charge is 2.45. The first kappa shape index (κ1) is 33.6. The molecule has 0 amide bonds. The number of hydrogen-bond donors (Lipinski definition) is 2. The summed E-state index contributed by atoms with van der Waals surface area (Å²) >= 11 is 1.40. The Balaban J connectivity index is 1.13. The van der Waals surface area contributed by atoms with Gasteiger partial charge in [-0.1, -0.05) is 36.4 Å². The summed E-state index contributed by atoms with van der Waals surface area (Å²) < 4.78 is 59.3. The van der Waals surface area contributed by atoms with Crippen molar-refractivity contribution in [1.82, 2.24) is 9.55 Å². The number of ether oxygens (including phenoxy) is 1. The summed E-state index contributed by atoms with van der Waals surface area (Å²) in [4.78, 5) is 52.7. The van der Waals surface area contributed by atoms with Crippen LogP contribution in [0, 0.1) is 5.92 Å². The average Bonchev–Trinajstić information content (AvgIpc) is 3.74. The summed E-state index contributed by atoms with van der Waals surface area (Å²) in [7, 11) is -17.6. The lowest BCUT2D eigenvalue weighted by molar-refractivity contribution is -0.252. The van der Waals surface area contributed by atoms with Crippen LogP contribution in [0.1, 0.15) is 24.6 Å². The Kier molecular flexibility index (Phi) is 10.3. The predicted molar refractivity (Wildman–Crippen MR) is 148 cm³/mol. The van der Waals surface area contributed by atoms with Crippen molar-refractivity contribution in [3.63, 3.8) is 0 Å². The minimum Gasteiger partial charge on any atom is -0.756 e. The van der Waals surface area contributed by atoms with Gasteiger partial charge in [0.15, 0.2) is 6.23 Å². The molecule has 44 heavy (non-hydrogen) atoms. The number of hydrogen-bond acceptors (Lipinski definition) is 16. The number of benzene rings is 2. The molecule has 2 aliphatic rings. The second-order valence-corrected chi connectivity index (χ2v) is 15.6. The lowest BCUT2D eigenvalue weighted by atomic mass is 10.1. The third-order valence-corrected chi connectivity index (χ3v) is 11.9. The van der Waals surface area contributed by atoms with E-state index in [0.29, 0.717) is 16.5 Å². The third kappa shape index (κ3) is 8.93. The number of phosphoric ester groups is 2. The van der Waals surface area contributed by atoms with E-state index in [2.05, 4.69) is 22.7 Å². The number of rotatable bonds is 14. The fourth-order valence-corrected chi connectivity index (χ4v) is 8.61. The highest BCUT2D eigenvalue weighted by atomic mass is 32.2. The predicted octanol–water partition coefficient (Wildman–Crippen LogP) is 1.19. The molecule has 16 nitrogen and oxygen atoms in total. The van der Waals surface area contributed by atoms with Crippen molar-refractivity contribution in [3.8, 4) is 0 Å². The molecule has 1 aliphatic carbocycles. The largest absolute Gasteiger partial charge is 0.756 e. The normalized spacial score (nSPS) is 26.2. The number of aliphatic hydroxyl groups excluding tert-OH is 2. The first-order valence-corrected chi connectivity index (χ1v) is 18.4. The van der Waals surface area contributed by atoms with Crippen LogP contribution in [0.4, 0.5) is 0 Å². The van der Waals surface area contributed by atoms with Gasteiger partial charge in [-0.05, 0) is 47.2 Å². The minimum absolute atomic E-state index is 0.347. The van der Waals surface area contributed by atoms with Crippen molar-refractivity contribution >= 4 is 46.0 Å². The fraction of sp³-hybridized carbons (Fsp3) is 0.417. The Hall–Kier alpha value is -1.78. The van der Waals surface area contributed by atoms with Crippen LogP contribution in [0.3, 0.4) is 0 Å². The topological polar surface area (TPSA) is 242 Å². The van der Waals surface area contributed by atoms with Crippen LogP contribution in [0.15, 0.2) is 64.5 Å². The average molecular weight is 691 g/mol. The molecule has 20 heteroatoms. The van der Waals surface area contributed by atoms with Crippen LogP contribution in [-0.4, -0.2) is 50.4 Å². The van der Waals surface area contributed by atoms with E-state index in [-0.39, 0.29) is 0 Å². The maximum atomic E-state index is 12.5. The molecule has 1 aliphatic heterocycles. The molecule has 0 bridgehead atoms. The Morgan fingerprint density at radius 3 is 2.30 bits per heavy atom. The Morgan fingerprint density at radius 2 is 1.61 bits per heavy atom. The van der Waals surface area contributed by atoms with E-state index < -0.39 is 66.9 Å². The molecule has 240 valence electrons. The van der Waals surface area contributed by atoms with E-state index in [1.165, 1.54) is 30.1 Å². The lowest BCUT2D eigenvalue weighted by Crippen LogP contribution is -2.36.